The Morgan fingerprint density at radius 3 is 2.46 bits per heavy atom. The molecule has 3 aromatic carbocycles. The average Bonchev–Trinajstić information content (AvgIpc) is 2.87. The Hall–Kier alpha value is -3.75. The minimum atomic E-state index is -0.490. The second kappa shape index (κ2) is 12.6. The number of benzene rings is 3. The molecule has 0 heterocycles. The van der Waals surface area contributed by atoms with Gasteiger partial charge in [0.05, 0.1) is 32.5 Å². The molecule has 0 saturated heterocycles. The summed E-state index contributed by atoms with van der Waals surface area (Å²) in [7, 11) is 2.99. The predicted molar refractivity (Wildman–Crippen MR) is 135 cm³/mol. The molecular weight excluding hydrogens is 493 g/mol. The van der Waals surface area contributed by atoms with Crippen LogP contribution < -0.4 is 25.0 Å². The Balaban J connectivity index is 1.53. The molecule has 0 aliphatic rings. The number of hydrogen-bond donors (Lipinski definition) is 2. The summed E-state index contributed by atoms with van der Waals surface area (Å²) >= 11 is 12.1. The van der Waals surface area contributed by atoms with Crippen molar-refractivity contribution in [3.8, 4) is 17.2 Å². The van der Waals surface area contributed by atoms with Crippen LogP contribution in [0.5, 0.6) is 17.2 Å². The highest BCUT2D eigenvalue weighted by Crippen LogP contribution is 2.29. The molecule has 0 atom stereocenters. The fourth-order valence-electron chi connectivity index (χ4n) is 2.98. The van der Waals surface area contributed by atoms with Crippen molar-refractivity contribution in [3.05, 3.63) is 87.4 Å². The lowest BCUT2D eigenvalue weighted by molar-refractivity contribution is -0.120. The van der Waals surface area contributed by atoms with Crippen molar-refractivity contribution in [2.45, 2.75) is 6.61 Å². The van der Waals surface area contributed by atoms with Gasteiger partial charge in [-0.05, 0) is 48.0 Å². The molecule has 8 nitrogen and oxygen atoms in total. The van der Waals surface area contributed by atoms with E-state index in [1.54, 1.807) is 60.7 Å². The smallest absolute Gasteiger partial charge is 0.259 e. The van der Waals surface area contributed by atoms with Crippen LogP contribution in [0.25, 0.3) is 0 Å². The summed E-state index contributed by atoms with van der Waals surface area (Å²) in [6.07, 6.45) is 1.45. The van der Waals surface area contributed by atoms with Gasteiger partial charge in [0.25, 0.3) is 11.8 Å². The average molecular weight is 516 g/mol. The summed E-state index contributed by atoms with van der Waals surface area (Å²) < 4.78 is 16.4. The first-order valence-electron chi connectivity index (χ1n) is 10.4. The number of nitrogens with zero attached hydrogens (tertiary/aromatic N) is 1. The van der Waals surface area contributed by atoms with E-state index < -0.39 is 11.8 Å². The minimum Gasteiger partial charge on any atom is -0.496 e. The maximum Gasteiger partial charge on any atom is 0.259 e. The topological polar surface area (TPSA) is 98.2 Å². The first kappa shape index (κ1) is 25.9. The van der Waals surface area contributed by atoms with Crippen molar-refractivity contribution < 1.29 is 23.8 Å². The van der Waals surface area contributed by atoms with Gasteiger partial charge in [0.2, 0.25) is 0 Å². The molecule has 0 spiro atoms. The van der Waals surface area contributed by atoms with E-state index in [2.05, 4.69) is 15.8 Å². The van der Waals surface area contributed by atoms with Gasteiger partial charge in [-0.1, -0.05) is 41.4 Å². The predicted octanol–water partition coefficient (Wildman–Crippen LogP) is 4.47. The normalized spacial score (nSPS) is 10.6. The number of carbonyl (C=O) groups excluding carboxylic acids is 2. The highest BCUT2D eigenvalue weighted by molar-refractivity contribution is 6.35. The van der Waals surface area contributed by atoms with Crippen LogP contribution in [0.15, 0.2) is 65.8 Å². The molecule has 3 aromatic rings. The molecular formula is C25H23Cl2N3O5. The molecule has 0 saturated carbocycles. The number of para-hydroxylation sites is 1. The number of halogens is 2. The maximum atomic E-state index is 12.3. The zero-order valence-electron chi connectivity index (χ0n) is 19.0. The second-order valence-corrected chi connectivity index (χ2v) is 7.95. The molecule has 0 aliphatic heterocycles. The highest BCUT2D eigenvalue weighted by atomic mass is 35.5. The number of methoxy groups -OCH3 is 2. The van der Waals surface area contributed by atoms with E-state index in [0.29, 0.717) is 38.4 Å². The zero-order valence-corrected chi connectivity index (χ0v) is 20.5. The Labute approximate surface area is 212 Å². The number of hydrazone groups is 1. The lowest BCUT2D eigenvalue weighted by Gasteiger charge is -2.12. The zero-order chi connectivity index (χ0) is 25.2. The molecule has 0 aromatic heterocycles. The van der Waals surface area contributed by atoms with Crippen molar-refractivity contribution >= 4 is 41.2 Å². The summed E-state index contributed by atoms with van der Waals surface area (Å²) in [5, 5.41) is 7.50. The van der Waals surface area contributed by atoms with E-state index in [-0.39, 0.29) is 13.2 Å². The summed E-state index contributed by atoms with van der Waals surface area (Å²) in [6.45, 7) is -0.0198. The molecule has 182 valence electrons. The number of rotatable bonds is 10. The van der Waals surface area contributed by atoms with Crippen molar-refractivity contribution in [1.29, 1.82) is 0 Å². The van der Waals surface area contributed by atoms with Crippen LogP contribution in [-0.2, 0) is 11.4 Å². The maximum absolute atomic E-state index is 12.3. The van der Waals surface area contributed by atoms with Gasteiger partial charge in [-0.25, -0.2) is 5.43 Å². The number of carbonyl (C=O) groups is 2. The van der Waals surface area contributed by atoms with E-state index in [4.69, 9.17) is 37.4 Å². The fraction of sp³-hybridized carbons (Fsp3) is 0.160. The third kappa shape index (κ3) is 7.37. The summed E-state index contributed by atoms with van der Waals surface area (Å²) in [5.74, 6) is 0.493. The lowest BCUT2D eigenvalue weighted by Crippen LogP contribution is -2.35. The van der Waals surface area contributed by atoms with Crippen molar-refractivity contribution in [2.75, 3.05) is 20.8 Å². The molecule has 0 fully saturated rings. The third-order valence-electron chi connectivity index (χ3n) is 4.75. The Morgan fingerprint density at radius 1 is 0.943 bits per heavy atom. The van der Waals surface area contributed by atoms with Gasteiger partial charge in [-0.3, -0.25) is 9.59 Å². The fourth-order valence-corrected chi connectivity index (χ4v) is 3.45. The first-order valence-corrected chi connectivity index (χ1v) is 11.1. The highest BCUT2D eigenvalue weighted by Gasteiger charge is 2.12. The van der Waals surface area contributed by atoms with E-state index in [1.165, 1.54) is 20.4 Å². The van der Waals surface area contributed by atoms with E-state index >= 15 is 0 Å². The number of amides is 2. The van der Waals surface area contributed by atoms with Crippen molar-refractivity contribution in [2.24, 2.45) is 5.10 Å². The van der Waals surface area contributed by atoms with Crippen LogP contribution >= 0.6 is 23.2 Å². The molecule has 2 amide bonds. The molecule has 0 aliphatic carbocycles. The summed E-state index contributed by atoms with van der Waals surface area (Å²) in [5.41, 5.74) is 4.14. The van der Waals surface area contributed by atoms with Gasteiger partial charge in [0.1, 0.15) is 12.4 Å². The molecule has 35 heavy (non-hydrogen) atoms. The standard InChI is InChI=1S/C25H23Cl2N3O5/c1-33-21-6-4-3-5-19(21)25(32)28-14-24(31)30-29-13-16-7-10-22(23(11-16)34-2)35-15-17-8-9-18(26)12-20(17)27/h3-13H,14-15H2,1-2H3,(H,28,32)(H,30,31). The van der Waals surface area contributed by atoms with Crippen LogP contribution in [0.3, 0.4) is 0 Å². The Bertz CT molecular complexity index is 1230. The largest absolute Gasteiger partial charge is 0.496 e. The van der Waals surface area contributed by atoms with E-state index in [1.807, 2.05) is 0 Å². The van der Waals surface area contributed by atoms with Crippen LogP contribution in [-0.4, -0.2) is 38.8 Å². The van der Waals surface area contributed by atoms with E-state index in [9.17, 15) is 9.59 Å². The molecule has 2 N–H and O–H groups in total. The van der Waals surface area contributed by atoms with Gasteiger partial charge in [-0.15, -0.1) is 0 Å². The summed E-state index contributed by atoms with van der Waals surface area (Å²) in [6, 6.07) is 17.1. The van der Waals surface area contributed by atoms with Crippen molar-refractivity contribution in [3.63, 3.8) is 0 Å². The van der Waals surface area contributed by atoms with Crippen LogP contribution in [0.2, 0.25) is 10.0 Å². The van der Waals surface area contributed by atoms with Gasteiger partial charge >= 0.3 is 0 Å². The quantitative estimate of drug-likeness (QED) is 0.306. The first-order chi connectivity index (χ1) is 16.9. The second-order valence-electron chi connectivity index (χ2n) is 7.11. The molecule has 0 unspecified atom stereocenters. The number of ether oxygens (including phenoxy) is 3. The summed E-state index contributed by atoms with van der Waals surface area (Å²) in [4.78, 5) is 24.3. The molecule has 3 rings (SSSR count). The Kier molecular flexibility index (Phi) is 9.34. The van der Waals surface area contributed by atoms with Gasteiger partial charge in [-0.2, -0.15) is 5.10 Å². The number of hydrogen-bond acceptors (Lipinski definition) is 6. The van der Waals surface area contributed by atoms with Crippen LogP contribution in [0.4, 0.5) is 0 Å². The Morgan fingerprint density at radius 2 is 1.71 bits per heavy atom. The third-order valence-corrected chi connectivity index (χ3v) is 5.34. The van der Waals surface area contributed by atoms with E-state index in [0.717, 1.165) is 5.56 Å². The van der Waals surface area contributed by atoms with Gasteiger partial charge in [0.15, 0.2) is 11.5 Å². The molecule has 0 bridgehead atoms. The molecule has 10 heteroatoms. The minimum absolute atomic E-state index is 0.233. The van der Waals surface area contributed by atoms with Crippen LogP contribution in [0.1, 0.15) is 21.5 Å². The SMILES string of the molecule is COc1cc(C=NNC(=O)CNC(=O)c2ccccc2OC)ccc1OCc1ccc(Cl)cc1Cl. The monoisotopic (exact) mass is 515 g/mol. The van der Waals surface area contributed by atoms with Crippen molar-refractivity contribution in [1.82, 2.24) is 10.7 Å². The number of nitrogens with one attached hydrogen (secondary N) is 2. The van der Waals surface area contributed by atoms with Gasteiger partial charge < -0.3 is 19.5 Å². The van der Waals surface area contributed by atoms with Crippen LogP contribution in [0, 0.1) is 0 Å². The van der Waals surface area contributed by atoms with Gasteiger partial charge in [0, 0.05) is 15.6 Å². The lowest BCUT2D eigenvalue weighted by atomic mass is 10.2. The molecule has 0 radical (unpaired) electrons.